The molecule has 104 valence electrons. The molecule has 0 aliphatic carbocycles. The first-order valence-electron chi connectivity index (χ1n) is 6.37. The molecule has 0 aromatic rings. The Kier molecular flexibility index (Phi) is 5.91. The van der Waals surface area contributed by atoms with Gasteiger partial charge >= 0.3 is 12.0 Å². The van der Waals surface area contributed by atoms with Crippen molar-refractivity contribution in [2.75, 3.05) is 19.8 Å². The minimum Gasteiger partial charge on any atom is -0.481 e. The number of carboxylic acid groups (broad SMARTS) is 1. The Hall–Kier alpha value is -1.30. The molecule has 0 spiro atoms. The summed E-state index contributed by atoms with van der Waals surface area (Å²) in [5, 5.41) is 14.2. The summed E-state index contributed by atoms with van der Waals surface area (Å²) in [4.78, 5) is 21.9. The highest BCUT2D eigenvalue weighted by Crippen LogP contribution is 2.19. The van der Waals surface area contributed by atoms with Gasteiger partial charge in [0, 0.05) is 31.7 Å². The summed E-state index contributed by atoms with van der Waals surface area (Å²) >= 11 is 0. The summed E-state index contributed by atoms with van der Waals surface area (Å²) < 4.78 is 5.25. The van der Waals surface area contributed by atoms with E-state index in [1.54, 1.807) is 0 Å². The molecule has 0 aromatic carbocycles. The number of aliphatic carboxylic acids is 1. The Morgan fingerprint density at radius 1 is 1.28 bits per heavy atom. The Bertz CT molecular complexity index is 288. The lowest BCUT2D eigenvalue weighted by Gasteiger charge is -2.34. The second-order valence-electron chi connectivity index (χ2n) is 4.90. The molecule has 1 heterocycles. The van der Waals surface area contributed by atoms with Gasteiger partial charge in [0.15, 0.2) is 0 Å². The molecular weight excluding hydrogens is 236 g/mol. The number of urea groups is 1. The van der Waals surface area contributed by atoms with E-state index >= 15 is 0 Å². The van der Waals surface area contributed by atoms with Crippen LogP contribution in [0, 0.1) is 0 Å². The van der Waals surface area contributed by atoms with E-state index in [1.807, 2.05) is 6.92 Å². The van der Waals surface area contributed by atoms with Crippen LogP contribution in [0.2, 0.25) is 0 Å². The molecule has 6 heteroatoms. The number of nitrogens with one attached hydrogen (secondary N) is 2. The molecule has 1 saturated heterocycles. The van der Waals surface area contributed by atoms with Gasteiger partial charge in [-0.25, -0.2) is 4.79 Å². The van der Waals surface area contributed by atoms with Crippen LogP contribution in [0.1, 0.15) is 39.0 Å². The van der Waals surface area contributed by atoms with Gasteiger partial charge in [0.1, 0.15) is 0 Å². The summed E-state index contributed by atoms with van der Waals surface area (Å²) in [5.41, 5.74) is -0.191. The number of ether oxygens (including phenoxy) is 1. The van der Waals surface area contributed by atoms with Gasteiger partial charge in [-0.05, 0) is 32.6 Å². The smallest absolute Gasteiger partial charge is 0.315 e. The van der Waals surface area contributed by atoms with Gasteiger partial charge in [-0.15, -0.1) is 0 Å². The van der Waals surface area contributed by atoms with Crippen molar-refractivity contribution in [1.29, 1.82) is 0 Å². The van der Waals surface area contributed by atoms with Gasteiger partial charge in [-0.3, -0.25) is 4.79 Å². The van der Waals surface area contributed by atoms with Crippen molar-refractivity contribution >= 4 is 12.0 Å². The van der Waals surface area contributed by atoms with Gasteiger partial charge in [0.05, 0.1) is 0 Å². The van der Waals surface area contributed by atoms with Crippen molar-refractivity contribution in [2.24, 2.45) is 0 Å². The number of hydrogen-bond acceptors (Lipinski definition) is 3. The van der Waals surface area contributed by atoms with Crippen molar-refractivity contribution in [3.63, 3.8) is 0 Å². The van der Waals surface area contributed by atoms with Crippen molar-refractivity contribution in [1.82, 2.24) is 10.6 Å². The minimum atomic E-state index is -0.797. The summed E-state index contributed by atoms with van der Waals surface area (Å²) in [6, 6.07) is -0.185. The van der Waals surface area contributed by atoms with E-state index in [-0.39, 0.29) is 18.0 Å². The summed E-state index contributed by atoms with van der Waals surface area (Å²) in [6.45, 7) is 3.87. The number of unbranched alkanes of at least 4 members (excludes halogenated alkanes) is 1. The molecule has 18 heavy (non-hydrogen) atoms. The topological polar surface area (TPSA) is 87.7 Å². The van der Waals surface area contributed by atoms with E-state index < -0.39 is 5.97 Å². The SMILES string of the molecule is CC1(NC(=O)NCCCCC(=O)O)CCOCC1. The molecule has 2 amide bonds. The van der Waals surface area contributed by atoms with Crippen LogP contribution in [0.25, 0.3) is 0 Å². The van der Waals surface area contributed by atoms with Crippen LogP contribution in [-0.4, -0.2) is 42.4 Å². The quantitative estimate of drug-likeness (QED) is 0.623. The number of carbonyl (C=O) groups is 2. The first-order valence-corrected chi connectivity index (χ1v) is 6.37. The molecule has 1 rings (SSSR count). The number of hydrogen-bond donors (Lipinski definition) is 3. The molecule has 1 aliphatic rings. The largest absolute Gasteiger partial charge is 0.481 e. The number of rotatable bonds is 6. The Morgan fingerprint density at radius 3 is 2.56 bits per heavy atom. The molecule has 0 aromatic heterocycles. The van der Waals surface area contributed by atoms with Crippen LogP contribution < -0.4 is 10.6 Å². The fraction of sp³-hybridized carbons (Fsp3) is 0.833. The zero-order valence-electron chi connectivity index (χ0n) is 10.8. The molecule has 0 unspecified atom stereocenters. The van der Waals surface area contributed by atoms with Crippen LogP contribution in [0.4, 0.5) is 4.79 Å². The first kappa shape index (κ1) is 14.8. The maximum atomic E-state index is 11.6. The van der Waals surface area contributed by atoms with Gasteiger partial charge in [0.25, 0.3) is 0 Å². The average Bonchev–Trinajstić information content (AvgIpc) is 2.28. The van der Waals surface area contributed by atoms with Crippen molar-refractivity contribution < 1.29 is 19.4 Å². The Morgan fingerprint density at radius 2 is 1.94 bits per heavy atom. The molecule has 0 atom stereocenters. The molecule has 1 fully saturated rings. The number of carboxylic acids is 1. The second kappa shape index (κ2) is 7.20. The molecule has 6 nitrogen and oxygen atoms in total. The summed E-state index contributed by atoms with van der Waals surface area (Å²) in [6.07, 6.45) is 3.05. The van der Waals surface area contributed by atoms with Crippen LogP contribution in [0.15, 0.2) is 0 Å². The van der Waals surface area contributed by atoms with E-state index in [0.717, 1.165) is 12.8 Å². The highest BCUT2D eigenvalue weighted by Gasteiger charge is 2.28. The van der Waals surface area contributed by atoms with Gasteiger partial charge < -0.3 is 20.5 Å². The highest BCUT2D eigenvalue weighted by molar-refractivity contribution is 5.74. The van der Waals surface area contributed by atoms with Crippen molar-refractivity contribution in [3.8, 4) is 0 Å². The third kappa shape index (κ3) is 5.86. The zero-order chi connectivity index (χ0) is 13.4. The van der Waals surface area contributed by atoms with E-state index in [9.17, 15) is 9.59 Å². The predicted molar refractivity (Wildman–Crippen MR) is 66.5 cm³/mol. The van der Waals surface area contributed by atoms with Crippen molar-refractivity contribution in [2.45, 2.75) is 44.6 Å². The normalized spacial score (nSPS) is 18.1. The summed E-state index contributed by atoms with van der Waals surface area (Å²) in [7, 11) is 0. The highest BCUT2D eigenvalue weighted by atomic mass is 16.5. The lowest BCUT2D eigenvalue weighted by molar-refractivity contribution is -0.137. The minimum absolute atomic E-state index is 0.151. The van der Waals surface area contributed by atoms with Crippen LogP contribution in [0.3, 0.4) is 0 Å². The van der Waals surface area contributed by atoms with E-state index in [0.29, 0.717) is 32.6 Å². The lowest BCUT2D eigenvalue weighted by atomic mass is 9.93. The second-order valence-corrected chi connectivity index (χ2v) is 4.90. The zero-order valence-corrected chi connectivity index (χ0v) is 10.8. The van der Waals surface area contributed by atoms with Gasteiger partial charge in [0.2, 0.25) is 0 Å². The number of carbonyl (C=O) groups excluding carboxylic acids is 1. The molecule has 0 bridgehead atoms. The monoisotopic (exact) mass is 258 g/mol. The molecule has 3 N–H and O–H groups in total. The Labute approximate surface area is 107 Å². The molecule has 1 aliphatic heterocycles. The van der Waals surface area contributed by atoms with E-state index in [1.165, 1.54) is 0 Å². The standard InChI is InChI=1S/C12H22N2O4/c1-12(5-8-18-9-6-12)14-11(17)13-7-3-2-4-10(15)16/h2-9H2,1H3,(H,15,16)(H2,13,14,17). The molecule has 0 radical (unpaired) electrons. The fourth-order valence-electron chi connectivity index (χ4n) is 1.87. The molecule has 0 saturated carbocycles. The van der Waals surface area contributed by atoms with Crippen molar-refractivity contribution in [3.05, 3.63) is 0 Å². The van der Waals surface area contributed by atoms with E-state index in [4.69, 9.17) is 9.84 Å². The summed E-state index contributed by atoms with van der Waals surface area (Å²) in [5.74, 6) is -0.797. The number of amides is 2. The van der Waals surface area contributed by atoms with Crippen LogP contribution >= 0.6 is 0 Å². The van der Waals surface area contributed by atoms with Gasteiger partial charge in [-0.1, -0.05) is 0 Å². The third-order valence-corrected chi connectivity index (χ3v) is 3.11. The maximum Gasteiger partial charge on any atom is 0.315 e. The van der Waals surface area contributed by atoms with Crippen LogP contribution in [-0.2, 0) is 9.53 Å². The van der Waals surface area contributed by atoms with Crippen LogP contribution in [0.5, 0.6) is 0 Å². The fourth-order valence-corrected chi connectivity index (χ4v) is 1.87. The maximum absolute atomic E-state index is 11.6. The lowest BCUT2D eigenvalue weighted by Crippen LogP contribution is -2.53. The van der Waals surface area contributed by atoms with Gasteiger partial charge in [-0.2, -0.15) is 0 Å². The van der Waals surface area contributed by atoms with E-state index in [2.05, 4.69) is 10.6 Å². The Balaban J connectivity index is 2.11. The molecular formula is C12H22N2O4. The first-order chi connectivity index (χ1) is 8.52. The average molecular weight is 258 g/mol. The third-order valence-electron chi connectivity index (χ3n) is 3.11. The predicted octanol–water partition coefficient (Wildman–Crippen LogP) is 1.11.